The lowest BCUT2D eigenvalue weighted by atomic mass is 9.96. The zero-order valence-corrected chi connectivity index (χ0v) is 12.7. The summed E-state index contributed by atoms with van der Waals surface area (Å²) in [5.74, 6) is 0.874. The summed E-state index contributed by atoms with van der Waals surface area (Å²) in [4.78, 5) is 25.9. The van der Waals surface area contributed by atoms with Crippen molar-refractivity contribution in [1.29, 1.82) is 0 Å². The van der Waals surface area contributed by atoms with Gasteiger partial charge in [-0.2, -0.15) is 0 Å². The highest BCUT2D eigenvalue weighted by Crippen LogP contribution is 2.18. The van der Waals surface area contributed by atoms with Gasteiger partial charge < -0.3 is 10.2 Å². The van der Waals surface area contributed by atoms with Crippen LogP contribution in [-0.2, 0) is 9.59 Å². The second-order valence-electron chi connectivity index (χ2n) is 6.25. The summed E-state index contributed by atoms with van der Waals surface area (Å²) in [6, 6.07) is 0. The van der Waals surface area contributed by atoms with E-state index in [-0.39, 0.29) is 23.7 Å². The smallest absolute Gasteiger partial charge is 0.225 e. The molecule has 2 amide bonds. The highest BCUT2D eigenvalue weighted by atomic mass is 16.2. The monoisotopic (exact) mass is 268 g/mol. The van der Waals surface area contributed by atoms with Crippen molar-refractivity contribution in [3.63, 3.8) is 0 Å². The summed E-state index contributed by atoms with van der Waals surface area (Å²) in [7, 11) is 0. The number of carbonyl (C=O) groups is 2. The Bertz CT molecular complexity index is 313. The number of piperidine rings is 1. The van der Waals surface area contributed by atoms with Gasteiger partial charge in [-0.25, -0.2) is 0 Å². The fourth-order valence-corrected chi connectivity index (χ4v) is 2.38. The van der Waals surface area contributed by atoms with Crippen LogP contribution in [0.25, 0.3) is 0 Å². The Morgan fingerprint density at radius 3 is 2.53 bits per heavy atom. The maximum absolute atomic E-state index is 12.1. The predicted molar refractivity (Wildman–Crippen MR) is 76.6 cm³/mol. The normalized spacial score (nSPS) is 19.9. The van der Waals surface area contributed by atoms with E-state index in [0.717, 1.165) is 32.4 Å². The predicted octanol–water partition coefficient (Wildman–Crippen LogP) is 2.04. The molecular formula is C15H28N2O2. The number of carbonyl (C=O) groups excluding carboxylic acids is 2. The van der Waals surface area contributed by atoms with E-state index in [2.05, 4.69) is 19.2 Å². The van der Waals surface area contributed by atoms with Crippen molar-refractivity contribution in [2.24, 2.45) is 17.8 Å². The van der Waals surface area contributed by atoms with Gasteiger partial charge in [-0.1, -0.05) is 27.7 Å². The van der Waals surface area contributed by atoms with Gasteiger partial charge in [0.2, 0.25) is 11.8 Å². The molecule has 1 N–H and O–H groups in total. The Hall–Kier alpha value is -1.06. The average Bonchev–Trinajstić information content (AvgIpc) is 2.37. The van der Waals surface area contributed by atoms with Crippen molar-refractivity contribution >= 4 is 11.8 Å². The molecule has 0 spiro atoms. The van der Waals surface area contributed by atoms with Crippen LogP contribution in [0.15, 0.2) is 0 Å². The number of nitrogens with one attached hydrogen (secondary N) is 1. The number of hydrogen-bond donors (Lipinski definition) is 1. The largest absolute Gasteiger partial charge is 0.356 e. The Morgan fingerprint density at radius 1 is 1.26 bits per heavy atom. The molecule has 1 aliphatic heterocycles. The lowest BCUT2D eigenvalue weighted by molar-refractivity contribution is -0.138. The second-order valence-corrected chi connectivity index (χ2v) is 6.25. The van der Waals surface area contributed by atoms with Crippen molar-refractivity contribution < 1.29 is 9.59 Å². The third-order valence-electron chi connectivity index (χ3n) is 3.62. The topological polar surface area (TPSA) is 49.4 Å². The summed E-state index contributed by atoms with van der Waals surface area (Å²) >= 11 is 0. The zero-order valence-electron chi connectivity index (χ0n) is 12.7. The van der Waals surface area contributed by atoms with E-state index >= 15 is 0 Å². The van der Waals surface area contributed by atoms with Crippen LogP contribution in [0.1, 0.15) is 47.0 Å². The molecule has 0 aromatic carbocycles. The molecule has 0 aromatic heterocycles. The van der Waals surface area contributed by atoms with Crippen LogP contribution in [0.3, 0.4) is 0 Å². The molecule has 0 radical (unpaired) electrons. The molecule has 0 saturated carbocycles. The van der Waals surface area contributed by atoms with Crippen molar-refractivity contribution in [1.82, 2.24) is 10.2 Å². The van der Waals surface area contributed by atoms with Gasteiger partial charge in [-0.3, -0.25) is 9.59 Å². The fourth-order valence-electron chi connectivity index (χ4n) is 2.38. The van der Waals surface area contributed by atoms with Crippen LogP contribution in [0.4, 0.5) is 0 Å². The van der Waals surface area contributed by atoms with Crippen LogP contribution < -0.4 is 5.32 Å². The lowest BCUT2D eigenvalue weighted by Crippen LogP contribution is -2.46. The van der Waals surface area contributed by atoms with Crippen molar-refractivity contribution in [2.45, 2.75) is 47.0 Å². The van der Waals surface area contributed by atoms with Gasteiger partial charge in [-0.05, 0) is 25.2 Å². The molecule has 19 heavy (non-hydrogen) atoms. The number of hydrogen-bond acceptors (Lipinski definition) is 2. The van der Waals surface area contributed by atoms with Gasteiger partial charge >= 0.3 is 0 Å². The molecule has 0 bridgehead atoms. The first-order valence-electron chi connectivity index (χ1n) is 7.48. The third-order valence-corrected chi connectivity index (χ3v) is 3.62. The first kappa shape index (κ1) is 16.0. The summed E-state index contributed by atoms with van der Waals surface area (Å²) < 4.78 is 0. The number of rotatable bonds is 5. The molecule has 1 aliphatic rings. The van der Waals surface area contributed by atoms with Gasteiger partial charge in [0, 0.05) is 25.6 Å². The Kier molecular flexibility index (Phi) is 6.32. The van der Waals surface area contributed by atoms with E-state index in [1.165, 1.54) is 0 Å². The average molecular weight is 268 g/mol. The first-order valence-corrected chi connectivity index (χ1v) is 7.48. The van der Waals surface area contributed by atoms with Crippen molar-refractivity contribution in [3.05, 3.63) is 0 Å². The molecule has 1 atom stereocenters. The summed E-state index contributed by atoms with van der Waals surface area (Å²) in [6.07, 6.45) is 2.84. The quantitative estimate of drug-likeness (QED) is 0.829. The Morgan fingerprint density at radius 2 is 1.95 bits per heavy atom. The fraction of sp³-hybridized carbons (Fsp3) is 0.867. The molecule has 1 rings (SSSR count). The lowest BCUT2D eigenvalue weighted by Gasteiger charge is -2.33. The third kappa shape index (κ3) is 5.21. The minimum Gasteiger partial charge on any atom is -0.356 e. The molecule has 1 heterocycles. The molecule has 0 aromatic rings. The van der Waals surface area contributed by atoms with Crippen LogP contribution in [0.5, 0.6) is 0 Å². The zero-order chi connectivity index (χ0) is 14.4. The maximum atomic E-state index is 12.1. The van der Waals surface area contributed by atoms with Gasteiger partial charge in [0.05, 0.1) is 5.92 Å². The Labute approximate surface area is 116 Å². The number of amides is 2. The van der Waals surface area contributed by atoms with Gasteiger partial charge in [0.15, 0.2) is 0 Å². The molecule has 1 fully saturated rings. The van der Waals surface area contributed by atoms with Crippen molar-refractivity contribution in [3.8, 4) is 0 Å². The molecular weight excluding hydrogens is 240 g/mol. The van der Waals surface area contributed by atoms with E-state index in [9.17, 15) is 9.59 Å². The van der Waals surface area contributed by atoms with Gasteiger partial charge in [0.1, 0.15) is 0 Å². The Balaban J connectivity index is 2.41. The molecule has 110 valence electrons. The first-order chi connectivity index (χ1) is 8.91. The van der Waals surface area contributed by atoms with E-state index in [4.69, 9.17) is 0 Å². The van der Waals surface area contributed by atoms with Crippen LogP contribution in [-0.4, -0.2) is 36.3 Å². The van der Waals surface area contributed by atoms with E-state index in [0.29, 0.717) is 12.5 Å². The summed E-state index contributed by atoms with van der Waals surface area (Å²) in [5.41, 5.74) is 0. The van der Waals surface area contributed by atoms with E-state index in [1.54, 1.807) is 0 Å². The molecule has 4 heteroatoms. The minimum absolute atomic E-state index is 0.0164. The molecule has 1 unspecified atom stereocenters. The second kappa shape index (κ2) is 7.51. The van der Waals surface area contributed by atoms with Crippen molar-refractivity contribution in [2.75, 3.05) is 19.6 Å². The standard InChI is InChI=1S/C15H28N2O2/c1-11(2)7-8-16-14(18)13-6-5-9-17(10-13)15(19)12(3)4/h11-13H,5-10H2,1-4H3,(H,16,18). The molecule has 0 aliphatic carbocycles. The molecule has 4 nitrogen and oxygen atoms in total. The number of nitrogens with zero attached hydrogens (tertiary/aromatic N) is 1. The molecule has 1 saturated heterocycles. The highest BCUT2D eigenvalue weighted by Gasteiger charge is 2.28. The van der Waals surface area contributed by atoms with E-state index < -0.39 is 0 Å². The summed E-state index contributed by atoms with van der Waals surface area (Å²) in [6.45, 7) is 10.2. The SMILES string of the molecule is CC(C)CCNC(=O)C1CCCN(C(=O)C(C)C)C1. The minimum atomic E-state index is -0.0244. The van der Waals surface area contributed by atoms with Crippen LogP contribution in [0, 0.1) is 17.8 Å². The number of likely N-dealkylation sites (tertiary alicyclic amines) is 1. The van der Waals surface area contributed by atoms with Gasteiger partial charge in [0.25, 0.3) is 0 Å². The van der Waals surface area contributed by atoms with Gasteiger partial charge in [-0.15, -0.1) is 0 Å². The summed E-state index contributed by atoms with van der Waals surface area (Å²) in [5, 5.41) is 3.00. The van der Waals surface area contributed by atoms with Crippen LogP contribution in [0.2, 0.25) is 0 Å². The van der Waals surface area contributed by atoms with Crippen LogP contribution >= 0.6 is 0 Å². The van der Waals surface area contributed by atoms with E-state index in [1.807, 2.05) is 18.7 Å². The maximum Gasteiger partial charge on any atom is 0.225 e. The highest BCUT2D eigenvalue weighted by molar-refractivity contribution is 5.82.